The van der Waals surface area contributed by atoms with Crippen LogP contribution in [0.15, 0.2) is 0 Å². The van der Waals surface area contributed by atoms with Crippen molar-refractivity contribution in [2.75, 3.05) is 19.6 Å². The van der Waals surface area contributed by atoms with E-state index < -0.39 is 23.7 Å². The average Bonchev–Trinajstić information content (AvgIpc) is 2.47. The average molecular weight is 267 g/mol. The largest absolute Gasteiger partial charge is 0.420 e. The molecule has 8 heteroatoms. The fourth-order valence-electron chi connectivity index (χ4n) is 1.58. The molecule has 1 aliphatic rings. The number of alkyl halides is 3. The fraction of sp³-hybridized carbons (Fsp3) is 0.800. The van der Waals surface area contributed by atoms with Gasteiger partial charge in [0.25, 0.3) is 5.91 Å². The summed E-state index contributed by atoms with van der Waals surface area (Å²) in [6.07, 6.45) is -3.94. The van der Waals surface area contributed by atoms with E-state index in [4.69, 9.17) is 0 Å². The standard InChI is InChI=1S/C10H16F3N3O2/c1-3-4-14-5-6-16-7(17)9(2,10(11,12)13)15-8(16)18/h14H,3-6H2,1-2H3,(H,15,18). The molecule has 1 atom stereocenters. The van der Waals surface area contributed by atoms with E-state index in [2.05, 4.69) is 5.32 Å². The van der Waals surface area contributed by atoms with Crippen LogP contribution in [-0.4, -0.2) is 48.2 Å². The number of urea groups is 1. The predicted molar refractivity (Wildman–Crippen MR) is 57.9 cm³/mol. The minimum atomic E-state index is -4.80. The minimum absolute atomic E-state index is 0.0731. The second-order valence-corrected chi connectivity index (χ2v) is 4.26. The van der Waals surface area contributed by atoms with Gasteiger partial charge in [-0.05, 0) is 19.9 Å². The topological polar surface area (TPSA) is 61.4 Å². The molecule has 0 aliphatic carbocycles. The van der Waals surface area contributed by atoms with Crippen molar-refractivity contribution in [3.8, 4) is 0 Å². The quantitative estimate of drug-likeness (QED) is 0.573. The molecule has 0 spiro atoms. The predicted octanol–water partition coefficient (Wildman–Crippen LogP) is 0.859. The molecule has 1 aliphatic heterocycles. The van der Waals surface area contributed by atoms with Gasteiger partial charge in [0.2, 0.25) is 5.54 Å². The lowest BCUT2D eigenvalue weighted by molar-refractivity contribution is -0.191. The van der Waals surface area contributed by atoms with Crippen molar-refractivity contribution in [3.63, 3.8) is 0 Å². The van der Waals surface area contributed by atoms with E-state index in [1.54, 1.807) is 5.32 Å². The molecule has 0 aromatic heterocycles. The summed E-state index contributed by atoms with van der Waals surface area (Å²) in [5.74, 6) is -1.25. The van der Waals surface area contributed by atoms with Gasteiger partial charge in [-0.3, -0.25) is 9.69 Å². The normalized spacial score (nSPS) is 24.6. The number of rotatable bonds is 5. The number of amides is 3. The molecule has 1 heterocycles. The van der Waals surface area contributed by atoms with E-state index >= 15 is 0 Å². The van der Waals surface area contributed by atoms with E-state index in [1.807, 2.05) is 6.92 Å². The van der Waals surface area contributed by atoms with Crippen LogP contribution in [0.5, 0.6) is 0 Å². The molecule has 0 radical (unpaired) electrons. The van der Waals surface area contributed by atoms with Crippen LogP contribution in [0.4, 0.5) is 18.0 Å². The summed E-state index contributed by atoms with van der Waals surface area (Å²) >= 11 is 0. The molecule has 1 rings (SSSR count). The van der Waals surface area contributed by atoms with Crippen molar-refractivity contribution >= 4 is 11.9 Å². The van der Waals surface area contributed by atoms with Crippen molar-refractivity contribution in [1.29, 1.82) is 0 Å². The Bertz CT molecular complexity index is 346. The van der Waals surface area contributed by atoms with Gasteiger partial charge in [0.05, 0.1) is 0 Å². The summed E-state index contributed by atoms with van der Waals surface area (Å²) in [4.78, 5) is 23.6. The van der Waals surface area contributed by atoms with Crippen LogP contribution in [0.1, 0.15) is 20.3 Å². The first-order valence-electron chi connectivity index (χ1n) is 5.65. The smallest absolute Gasteiger partial charge is 0.316 e. The van der Waals surface area contributed by atoms with Gasteiger partial charge in [0.1, 0.15) is 0 Å². The molecule has 18 heavy (non-hydrogen) atoms. The van der Waals surface area contributed by atoms with Crippen LogP contribution in [0.3, 0.4) is 0 Å². The molecule has 0 aromatic carbocycles. The van der Waals surface area contributed by atoms with Crippen molar-refractivity contribution in [3.05, 3.63) is 0 Å². The highest BCUT2D eigenvalue weighted by Gasteiger charge is 2.64. The molecule has 0 saturated carbocycles. The van der Waals surface area contributed by atoms with Gasteiger partial charge in [0.15, 0.2) is 0 Å². The number of hydrogen-bond donors (Lipinski definition) is 2. The van der Waals surface area contributed by atoms with E-state index in [0.29, 0.717) is 18.4 Å². The molecule has 1 saturated heterocycles. The Labute approximate surface area is 103 Å². The molecule has 5 nitrogen and oxygen atoms in total. The monoisotopic (exact) mass is 267 g/mol. The first-order chi connectivity index (χ1) is 8.24. The van der Waals surface area contributed by atoms with Gasteiger partial charge in [-0.2, -0.15) is 13.2 Å². The third kappa shape index (κ3) is 2.58. The molecule has 2 N–H and O–H groups in total. The Kier molecular flexibility index (Phi) is 4.20. The maximum Gasteiger partial charge on any atom is 0.420 e. The highest BCUT2D eigenvalue weighted by molar-refractivity contribution is 6.07. The fourth-order valence-corrected chi connectivity index (χ4v) is 1.58. The molecule has 3 amide bonds. The number of nitrogens with zero attached hydrogens (tertiary/aromatic N) is 1. The third-order valence-electron chi connectivity index (χ3n) is 2.78. The molecular formula is C10H16F3N3O2. The Balaban J connectivity index is 2.68. The number of hydrogen-bond acceptors (Lipinski definition) is 3. The summed E-state index contributed by atoms with van der Waals surface area (Å²) in [7, 11) is 0. The van der Waals surface area contributed by atoms with E-state index in [9.17, 15) is 22.8 Å². The zero-order valence-corrected chi connectivity index (χ0v) is 10.2. The SMILES string of the molecule is CCCNCCN1C(=O)NC(C)(C(F)(F)F)C1=O. The van der Waals surface area contributed by atoms with E-state index in [-0.39, 0.29) is 13.1 Å². The van der Waals surface area contributed by atoms with Crippen LogP contribution in [0, 0.1) is 0 Å². The minimum Gasteiger partial charge on any atom is -0.316 e. The summed E-state index contributed by atoms with van der Waals surface area (Å²) in [5.41, 5.74) is -2.81. The summed E-state index contributed by atoms with van der Waals surface area (Å²) < 4.78 is 38.1. The number of carbonyl (C=O) groups excluding carboxylic acids is 2. The first kappa shape index (κ1) is 14.7. The number of nitrogens with one attached hydrogen (secondary N) is 2. The third-order valence-corrected chi connectivity index (χ3v) is 2.78. The van der Waals surface area contributed by atoms with E-state index in [1.165, 1.54) is 0 Å². The van der Waals surface area contributed by atoms with Crippen LogP contribution in [0.2, 0.25) is 0 Å². The van der Waals surface area contributed by atoms with E-state index in [0.717, 1.165) is 6.42 Å². The highest BCUT2D eigenvalue weighted by atomic mass is 19.4. The summed E-state index contributed by atoms with van der Waals surface area (Å²) in [5, 5.41) is 4.61. The van der Waals surface area contributed by atoms with Crippen molar-refractivity contribution in [2.45, 2.75) is 32.0 Å². The molecule has 0 aromatic rings. The van der Waals surface area contributed by atoms with Crippen molar-refractivity contribution in [2.24, 2.45) is 0 Å². The van der Waals surface area contributed by atoms with Gasteiger partial charge in [-0.1, -0.05) is 6.92 Å². The highest BCUT2D eigenvalue weighted by Crippen LogP contribution is 2.34. The lowest BCUT2D eigenvalue weighted by atomic mass is 10.0. The maximum absolute atomic E-state index is 12.7. The van der Waals surface area contributed by atoms with Crippen LogP contribution >= 0.6 is 0 Å². The van der Waals surface area contributed by atoms with Crippen LogP contribution < -0.4 is 10.6 Å². The van der Waals surface area contributed by atoms with Crippen LogP contribution in [-0.2, 0) is 4.79 Å². The molecule has 104 valence electrons. The lowest BCUT2D eigenvalue weighted by Gasteiger charge is -2.24. The Hall–Kier alpha value is -1.31. The van der Waals surface area contributed by atoms with Crippen molar-refractivity contribution < 1.29 is 22.8 Å². The Morgan fingerprint density at radius 2 is 1.94 bits per heavy atom. The lowest BCUT2D eigenvalue weighted by Crippen LogP contribution is -2.56. The molecule has 1 fully saturated rings. The Morgan fingerprint density at radius 1 is 1.33 bits per heavy atom. The number of carbonyl (C=O) groups is 2. The van der Waals surface area contributed by atoms with Gasteiger partial charge >= 0.3 is 12.2 Å². The molecular weight excluding hydrogens is 251 g/mol. The van der Waals surface area contributed by atoms with Gasteiger partial charge < -0.3 is 10.6 Å². The van der Waals surface area contributed by atoms with Crippen LogP contribution in [0.25, 0.3) is 0 Å². The molecule has 1 unspecified atom stereocenters. The van der Waals surface area contributed by atoms with Gasteiger partial charge in [0, 0.05) is 13.1 Å². The molecule has 0 bridgehead atoms. The van der Waals surface area contributed by atoms with Gasteiger partial charge in [-0.15, -0.1) is 0 Å². The number of imide groups is 1. The second kappa shape index (κ2) is 5.13. The zero-order chi connectivity index (χ0) is 14.0. The second-order valence-electron chi connectivity index (χ2n) is 4.26. The van der Waals surface area contributed by atoms with Crippen molar-refractivity contribution in [1.82, 2.24) is 15.5 Å². The maximum atomic E-state index is 12.7. The Morgan fingerprint density at radius 3 is 2.39 bits per heavy atom. The first-order valence-corrected chi connectivity index (χ1v) is 5.65. The summed E-state index contributed by atoms with van der Waals surface area (Å²) in [6, 6.07) is -1.00. The summed E-state index contributed by atoms with van der Waals surface area (Å²) in [6.45, 7) is 3.49. The zero-order valence-electron chi connectivity index (χ0n) is 10.2. The number of halogens is 3. The van der Waals surface area contributed by atoms with Gasteiger partial charge in [-0.25, -0.2) is 4.79 Å².